The van der Waals surface area contributed by atoms with Gasteiger partial charge in [-0.2, -0.15) is 0 Å². The van der Waals surface area contributed by atoms with E-state index in [0.717, 1.165) is 11.3 Å². The van der Waals surface area contributed by atoms with E-state index in [2.05, 4.69) is 5.32 Å². The van der Waals surface area contributed by atoms with Crippen LogP contribution in [0.15, 0.2) is 24.3 Å². The maximum absolute atomic E-state index is 11.7. The van der Waals surface area contributed by atoms with E-state index in [4.69, 9.17) is 14.6 Å². The predicted molar refractivity (Wildman–Crippen MR) is 77.4 cm³/mol. The molecule has 0 aliphatic heterocycles. The zero-order valence-electron chi connectivity index (χ0n) is 12.3. The van der Waals surface area contributed by atoms with Crippen molar-refractivity contribution in [1.29, 1.82) is 0 Å². The van der Waals surface area contributed by atoms with Gasteiger partial charge in [0.05, 0.1) is 19.6 Å². The first-order valence-electron chi connectivity index (χ1n) is 6.85. The quantitative estimate of drug-likeness (QED) is 0.669. The highest BCUT2D eigenvalue weighted by molar-refractivity contribution is 5.78. The van der Waals surface area contributed by atoms with Crippen molar-refractivity contribution in [3.05, 3.63) is 29.8 Å². The van der Waals surface area contributed by atoms with Gasteiger partial charge in [-0.1, -0.05) is 12.1 Å². The Kier molecular flexibility index (Phi) is 7.25. The Morgan fingerprint density at radius 1 is 1.29 bits per heavy atom. The number of carboxylic acid groups (broad SMARTS) is 1. The van der Waals surface area contributed by atoms with Crippen LogP contribution in [0.5, 0.6) is 5.75 Å². The zero-order chi connectivity index (χ0) is 15.7. The summed E-state index contributed by atoms with van der Waals surface area (Å²) in [5.74, 6) is -0.376. The van der Waals surface area contributed by atoms with Gasteiger partial charge >= 0.3 is 5.97 Å². The van der Waals surface area contributed by atoms with Crippen molar-refractivity contribution in [2.24, 2.45) is 0 Å². The molecule has 116 valence electrons. The van der Waals surface area contributed by atoms with E-state index in [9.17, 15) is 9.59 Å². The minimum absolute atomic E-state index is 0.134. The number of carboxylic acids is 1. The minimum atomic E-state index is -1.02. The van der Waals surface area contributed by atoms with Gasteiger partial charge in [-0.05, 0) is 31.5 Å². The van der Waals surface area contributed by atoms with Gasteiger partial charge in [0, 0.05) is 6.54 Å². The minimum Gasteiger partial charge on any atom is -0.494 e. The molecule has 0 saturated heterocycles. The lowest BCUT2D eigenvalue weighted by Crippen LogP contribution is -2.31. The lowest BCUT2D eigenvalue weighted by molar-refractivity contribution is -0.148. The van der Waals surface area contributed by atoms with Gasteiger partial charge in [-0.3, -0.25) is 4.79 Å². The number of carbonyl (C=O) groups is 2. The number of nitrogens with one attached hydrogen (secondary N) is 1. The molecule has 2 N–H and O–H groups in total. The summed E-state index contributed by atoms with van der Waals surface area (Å²) < 4.78 is 10.3. The molecule has 1 atom stereocenters. The molecule has 0 aliphatic carbocycles. The fourth-order valence-corrected chi connectivity index (χ4v) is 1.62. The SMILES string of the molecule is CCOc1ccc(CC(=O)NCCOC(C)C(=O)O)cc1. The normalized spacial score (nSPS) is 11.7. The van der Waals surface area contributed by atoms with Crippen LogP contribution in [0, 0.1) is 0 Å². The van der Waals surface area contributed by atoms with Crippen LogP contribution in [0.25, 0.3) is 0 Å². The number of rotatable bonds is 9. The van der Waals surface area contributed by atoms with Crippen molar-refractivity contribution in [3.63, 3.8) is 0 Å². The second kappa shape index (κ2) is 8.97. The largest absolute Gasteiger partial charge is 0.494 e. The van der Waals surface area contributed by atoms with Crippen molar-refractivity contribution in [3.8, 4) is 5.75 Å². The summed E-state index contributed by atoms with van der Waals surface area (Å²) in [6, 6.07) is 7.33. The van der Waals surface area contributed by atoms with Crippen LogP contribution < -0.4 is 10.1 Å². The molecular formula is C15H21NO5. The molecule has 1 rings (SSSR count). The third-order valence-electron chi connectivity index (χ3n) is 2.74. The molecule has 0 aromatic heterocycles. The van der Waals surface area contributed by atoms with Crippen LogP contribution in [-0.2, 0) is 20.7 Å². The van der Waals surface area contributed by atoms with Crippen LogP contribution in [0.1, 0.15) is 19.4 Å². The Labute approximate surface area is 124 Å². The van der Waals surface area contributed by atoms with Gasteiger partial charge in [0.2, 0.25) is 5.91 Å². The van der Waals surface area contributed by atoms with Crippen molar-refractivity contribution in [1.82, 2.24) is 5.32 Å². The molecule has 0 radical (unpaired) electrons. The highest BCUT2D eigenvalue weighted by Crippen LogP contribution is 2.12. The number of hydrogen-bond donors (Lipinski definition) is 2. The molecule has 0 aliphatic rings. The highest BCUT2D eigenvalue weighted by Gasteiger charge is 2.10. The molecule has 0 saturated carbocycles. The summed E-state index contributed by atoms with van der Waals surface area (Å²) in [5.41, 5.74) is 0.885. The third kappa shape index (κ3) is 6.76. The second-order valence-corrected chi connectivity index (χ2v) is 4.45. The number of amides is 1. The van der Waals surface area contributed by atoms with E-state index in [1.807, 2.05) is 31.2 Å². The van der Waals surface area contributed by atoms with E-state index < -0.39 is 12.1 Å². The van der Waals surface area contributed by atoms with Crippen molar-refractivity contribution in [2.45, 2.75) is 26.4 Å². The molecule has 6 nitrogen and oxygen atoms in total. The monoisotopic (exact) mass is 295 g/mol. The molecule has 0 spiro atoms. The van der Waals surface area contributed by atoms with Crippen LogP contribution in [0.2, 0.25) is 0 Å². The maximum atomic E-state index is 11.7. The van der Waals surface area contributed by atoms with Crippen molar-refractivity contribution < 1.29 is 24.2 Å². The van der Waals surface area contributed by atoms with Crippen molar-refractivity contribution >= 4 is 11.9 Å². The third-order valence-corrected chi connectivity index (χ3v) is 2.74. The Balaban J connectivity index is 2.25. The highest BCUT2D eigenvalue weighted by atomic mass is 16.5. The molecule has 1 aromatic rings. The zero-order valence-corrected chi connectivity index (χ0v) is 12.3. The smallest absolute Gasteiger partial charge is 0.332 e. The summed E-state index contributed by atoms with van der Waals surface area (Å²) in [7, 11) is 0. The second-order valence-electron chi connectivity index (χ2n) is 4.45. The summed E-state index contributed by atoms with van der Waals surface area (Å²) in [6.45, 7) is 4.42. The number of carbonyl (C=O) groups excluding carboxylic acids is 1. The van der Waals surface area contributed by atoms with Crippen LogP contribution >= 0.6 is 0 Å². The number of benzene rings is 1. The summed E-state index contributed by atoms with van der Waals surface area (Å²) in [4.78, 5) is 22.2. The Bertz CT molecular complexity index is 458. The Morgan fingerprint density at radius 3 is 2.52 bits per heavy atom. The Hall–Kier alpha value is -2.08. The first-order chi connectivity index (χ1) is 10.0. The molecular weight excluding hydrogens is 274 g/mol. The van der Waals surface area contributed by atoms with Gasteiger partial charge in [-0.15, -0.1) is 0 Å². The first kappa shape index (κ1) is 17.0. The molecule has 0 fully saturated rings. The van der Waals surface area contributed by atoms with Gasteiger partial charge in [0.25, 0.3) is 0 Å². The lowest BCUT2D eigenvalue weighted by atomic mass is 10.1. The van der Waals surface area contributed by atoms with E-state index in [-0.39, 0.29) is 25.5 Å². The van der Waals surface area contributed by atoms with Gasteiger partial charge in [-0.25, -0.2) is 4.79 Å². The fourth-order valence-electron chi connectivity index (χ4n) is 1.62. The average Bonchev–Trinajstić information content (AvgIpc) is 2.45. The first-order valence-corrected chi connectivity index (χ1v) is 6.85. The molecule has 1 aromatic carbocycles. The van der Waals surface area contributed by atoms with E-state index in [0.29, 0.717) is 6.61 Å². The lowest BCUT2D eigenvalue weighted by Gasteiger charge is -2.09. The fraction of sp³-hybridized carbons (Fsp3) is 0.467. The van der Waals surface area contributed by atoms with Crippen molar-refractivity contribution in [2.75, 3.05) is 19.8 Å². The van der Waals surface area contributed by atoms with Crippen LogP contribution in [0.4, 0.5) is 0 Å². The summed E-state index contributed by atoms with van der Waals surface area (Å²) in [6.07, 6.45) is -0.603. The van der Waals surface area contributed by atoms with Gasteiger partial charge in [0.15, 0.2) is 6.10 Å². The van der Waals surface area contributed by atoms with Gasteiger partial charge < -0.3 is 19.9 Å². The molecule has 0 bridgehead atoms. The number of aliphatic carboxylic acids is 1. The molecule has 6 heteroatoms. The molecule has 1 unspecified atom stereocenters. The van der Waals surface area contributed by atoms with Crippen LogP contribution in [-0.4, -0.2) is 42.8 Å². The number of hydrogen-bond acceptors (Lipinski definition) is 4. The predicted octanol–water partition coefficient (Wildman–Crippen LogP) is 1.23. The molecule has 0 heterocycles. The average molecular weight is 295 g/mol. The van der Waals surface area contributed by atoms with Crippen LogP contribution in [0.3, 0.4) is 0 Å². The van der Waals surface area contributed by atoms with E-state index >= 15 is 0 Å². The maximum Gasteiger partial charge on any atom is 0.332 e. The van der Waals surface area contributed by atoms with E-state index in [1.54, 1.807) is 0 Å². The topological polar surface area (TPSA) is 84.9 Å². The molecule has 21 heavy (non-hydrogen) atoms. The Morgan fingerprint density at radius 2 is 1.95 bits per heavy atom. The summed E-state index contributed by atoms with van der Waals surface area (Å²) >= 11 is 0. The standard InChI is InChI=1S/C15H21NO5/c1-3-20-13-6-4-12(5-7-13)10-14(17)16-8-9-21-11(2)15(18)19/h4-7,11H,3,8-10H2,1-2H3,(H,16,17)(H,18,19). The van der Waals surface area contributed by atoms with E-state index in [1.165, 1.54) is 6.92 Å². The summed E-state index contributed by atoms with van der Waals surface area (Å²) in [5, 5.41) is 11.3. The van der Waals surface area contributed by atoms with Gasteiger partial charge in [0.1, 0.15) is 5.75 Å². The number of ether oxygens (including phenoxy) is 2. The molecule has 1 amide bonds.